The smallest absolute Gasteiger partial charge is 0.272 e. The Bertz CT molecular complexity index is 1130. The minimum atomic E-state index is -1.54. The number of fused-ring (bicyclic) bond motifs is 5. The van der Waals surface area contributed by atoms with Gasteiger partial charge in [0.15, 0.2) is 5.78 Å². The predicted octanol–water partition coefficient (Wildman–Crippen LogP) is 6.90. The van der Waals surface area contributed by atoms with Crippen molar-refractivity contribution in [2.75, 3.05) is 13.7 Å². The minimum absolute atomic E-state index is 0.132. The van der Waals surface area contributed by atoms with Gasteiger partial charge in [0, 0.05) is 29.7 Å². The van der Waals surface area contributed by atoms with Gasteiger partial charge in [0.25, 0.3) is 6.08 Å². The maximum Gasteiger partial charge on any atom is 0.272 e. The molecule has 5 heteroatoms. The molecule has 1 aromatic rings. The lowest BCUT2D eigenvalue weighted by Gasteiger charge is -2.55. The van der Waals surface area contributed by atoms with Crippen LogP contribution >= 0.6 is 0 Å². The standard InChI is InChI=1S/C29H32F2O3/c1-28-16-23(17-3-7-20(33-2)8-4-17)26-21-10-6-19(32)15-18(21)5-9-22(26)24(28)11-13-29(28)25(27(30)31)12-14-34-29/h3-4,7-8,15,22-24H,5-6,9-14,16H2,1-2H3/t22?,23-,24?,28+,29?/m1/s1. The highest BCUT2D eigenvalue weighted by molar-refractivity contribution is 5.93. The van der Waals surface area contributed by atoms with Crippen LogP contribution in [0.3, 0.4) is 0 Å². The maximum absolute atomic E-state index is 14.2. The zero-order valence-electron chi connectivity index (χ0n) is 20.0. The summed E-state index contributed by atoms with van der Waals surface area (Å²) in [6.45, 7) is 2.61. The largest absolute Gasteiger partial charge is 0.497 e. The Balaban J connectivity index is 1.53. The van der Waals surface area contributed by atoms with E-state index in [4.69, 9.17) is 9.47 Å². The molecule has 1 spiro atoms. The molecule has 2 saturated carbocycles. The van der Waals surface area contributed by atoms with E-state index in [2.05, 4.69) is 19.1 Å². The van der Waals surface area contributed by atoms with Crippen molar-refractivity contribution < 1.29 is 23.0 Å². The number of benzene rings is 1. The zero-order valence-corrected chi connectivity index (χ0v) is 20.0. The van der Waals surface area contributed by atoms with Gasteiger partial charge in [-0.3, -0.25) is 4.79 Å². The Kier molecular flexibility index (Phi) is 5.14. The molecule has 1 heterocycles. The van der Waals surface area contributed by atoms with Gasteiger partial charge in [-0.2, -0.15) is 8.78 Å². The summed E-state index contributed by atoms with van der Waals surface area (Å²) in [4.78, 5) is 12.2. The number of carbonyl (C=O) groups is 1. The number of halogens is 2. The van der Waals surface area contributed by atoms with Gasteiger partial charge in [0.2, 0.25) is 0 Å². The Morgan fingerprint density at radius 1 is 1.09 bits per heavy atom. The van der Waals surface area contributed by atoms with Crippen molar-refractivity contribution in [3.05, 3.63) is 64.3 Å². The van der Waals surface area contributed by atoms with Crippen LogP contribution in [0.15, 0.2) is 58.7 Å². The molecule has 3 fully saturated rings. The summed E-state index contributed by atoms with van der Waals surface area (Å²) >= 11 is 0. The normalized spacial score (nSPS) is 36.8. The lowest BCUT2D eigenvalue weighted by atomic mass is 9.50. The number of allylic oxidation sites excluding steroid dienone is 4. The van der Waals surface area contributed by atoms with E-state index in [1.165, 1.54) is 22.3 Å². The fraction of sp³-hybridized carbons (Fsp3) is 0.552. The maximum atomic E-state index is 14.2. The molecule has 0 aromatic heterocycles. The van der Waals surface area contributed by atoms with Crippen molar-refractivity contribution in [1.29, 1.82) is 0 Å². The second kappa shape index (κ2) is 7.87. The van der Waals surface area contributed by atoms with E-state index in [-0.39, 0.29) is 22.7 Å². The summed E-state index contributed by atoms with van der Waals surface area (Å²) in [5, 5.41) is 0. The van der Waals surface area contributed by atoms with Crippen LogP contribution < -0.4 is 4.74 Å². The van der Waals surface area contributed by atoms with Gasteiger partial charge >= 0.3 is 0 Å². The first kappa shape index (κ1) is 22.2. The molecule has 34 heavy (non-hydrogen) atoms. The molecule has 0 amide bonds. The Hall–Kier alpha value is -2.27. The molecule has 5 atom stereocenters. The third-order valence-corrected chi connectivity index (χ3v) is 9.79. The lowest BCUT2D eigenvalue weighted by molar-refractivity contribution is -0.114. The average molecular weight is 467 g/mol. The molecule has 0 radical (unpaired) electrons. The first-order valence-corrected chi connectivity index (χ1v) is 12.7. The van der Waals surface area contributed by atoms with Gasteiger partial charge < -0.3 is 9.47 Å². The topological polar surface area (TPSA) is 35.5 Å². The van der Waals surface area contributed by atoms with Crippen LogP contribution in [-0.4, -0.2) is 25.1 Å². The lowest BCUT2D eigenvalue weighted by Crippen LogP contribution is -2.52. The second-order valence-corrected chi connectivity index (χ2v) is 11.0. The fourth-order valence-electron chi connectivity index (χ4n) is 8.38. The Morgan fingerprint density at radius 2 is 1.88 bits per heavy atom. The van der Waals surface area contributed by atoms with Gasteiger partial charge in [-0.1, -0.05) is 24.6 Å². The Labute approximate surface area is 199 Å². The van der Waals surface area contributed by atoms with Crippen molar-refractivity contribution in [2.24, 2.45) is 17.3 Å². The van der Waals surface area contributed by atoms with Crippen molar-refractivity contribution in [1.82, 2.24) is 0 Å². The van der Waals surface area contributed by atoms with Crippen LogP contribution in [0.1, 0.15) is 69.8 Å². The summed E-state index contributed by atoms with van der Waals surface area (Å²) in [6.07, 6.45) is 6.32. The first-order chi connectivity index (χ1) is 16.4. The van der Waals surface area contributed by atoms with Gasteiger partial charge in [0.05, 0.1) is 13.7 Å². The number of ether oxygens (including phenoxy) is 2. The third-order valence-electron chi connectivity index (χ3n) is 9.79. The molecule has 1 saturated heterocycles. The van der Waals surface area contributed by atoms with Crippen LogP contribution in [0.2, 0.25) is 0 Å². The monoisotopic (exact) mass is 466 g/mol. The molecular weight excluding hydrogens is 434 g/mol. The molecule has 1 aliphatic heterocycles. The number of methoxy groups -OCH3 is 1. The van der Waals surface area contributed by atoms with Crippen LogP contribution in [0.4, 0.5) is 8.78 Å². The van der Waals surface area contributed by atoms with E-state index in [1.807, 2.05) is 18.2 Å². The predicted molar refractivity (Wildman–Crippen MR) is 126 cm³/mol. The summed E-state index contributed by atoms with van der Waals surface area (Å²) in [5.74, 6) is 1.83. The summed E-state index contributed by atoms with van der Waals surface area (Å²) < 4.78 is 40.1. The third kappa shape index (κ3) is 2.98. The van der Waals surface area contributed by atoms with E-state index < -0.39 is 11.7 Å². The van der Waals surface area contributed by atoms with E-state index in [9.17, 15) is 13.6 Å². The number of rotatable bonds is 2. The average Bonchev–Trinajstić information content (AvgIpc) is 3.40. The van der Waals surface area contributed by atoms with E-state index in [0.29, 0.717) is 37.7 Å². The molecule has 4 aliphatic carbocycles. The second-order valence-electron chi connectivity index (χ2n) is 11.0. The molecule has 0 N–H and O–H groups in total. The fourth-order valence-corrected chi connectivity index (χ4v) is 8.38. The summed E-state index contributed by atoms with van der Waals surface area (Å²) in [6, 6.07) is 8.26. The number of carbonyl (C=O) groups excluding carboxylic acids is 1. The highest BCUT2D eigenvalue weighted by Crippen LogP contribution is 2.70. The van der Waals surface area contributed by atoms with Crippen molar-refractivity contribution in [3.63, 3.8) is 0 Å². The molecule has 6 rings (SSSR count). The van der Waals surface area contributed by atoms with E-state index >= 15 is 0 Å². The number of hydrogen-bond acceptors (Lipinski definition) is 3. The van der Waals surface area contributed by atoms with Gasteiger partial charge in [-0.15, -0.1) is 0 Å². The SMILES string of the molecule is COc1ccc([C@H]2C[C@@]3(C)C(CCC34OCCC4=C(F)F)C3CCC4=CC(=O)CCC4=C32)cc1. The van der Waals surface area contributed by atoms with Crippen LogP contribution in [0.5, 0.6) is 5.75 Å². The van der Waals surface area contributed by atoms with Gasteiger partial charge in [0.1, 0.15) is 11.4 Å². The molecule has 0 bridgehead atoms. The highest BCUT2D eigenvalue weighted by Gasteiger charge is 2.67. The summed E-state index contributed by atoms with van der Waals surface area (Å²) in [7, 11) is 1.66. The highest BCUT2D eigenvalue weighted by atomic mass is 19.3. The van der Waals surface area contributed by atoms with E-state index in [0.717, 1.165) is 37.9 Å². The first-order valence-electron chi connectivity index (χ1n) is 12.7. The number of ketones is 1. The molecule has 3 nitrogen and oxygen atoms in total. The van der Waals surface area contributed by atoms with Crippen molar-refractivity contribution in [2.45, 2.75) is 69.8 Å². The van der Waals surface area contributed by atoms with Crippen LogP contribution in [0, 0.1) is 17.3 Å². The quantitative estimate of drug-likeness (QED) is 0.475. The molecule has 3 unspecified atom stereocenters. The molecular formula is C29H32F2O3. The minimum Gasteiger partial charge on any atom is -0.497 e. The van der Waals surface area contributed by atoms with Crippen LogP contribution in [0.25, 0.3) is 0 Å². The Morgan fingerprint density at radius 3 is 2.62 bits per heavy atom. The van der Waals surface area contributed by atoms with Crippen molar-refractivity contribution >= 4 is 5.78 Å². The number of hydrogen-bond donors (Lipinski definition) is 0. The zero-order chi connectivity index (χ0) is 23.7. The van der Waals surface area contributed by atoms with Gasteiger partial charge in [-0.25, -0.2) is 0 Å². The van der Waals surface area contributed by atoms with Gasteiger partial charge in [-0.05, 0) is 85.3 Å². The molecule has 1 aromatic carbocycles. The van der Waals surface area contributed by atoms with Crippen molar-refractivity contribution in [3.8, 4) is 5.75 Å². The molecule has 180 valence electrons. The van der Waals surface area contributed by atoms with E-state index in [1.54, 1.807) is 7.11 Å². The summed E-state index contributed by atoms with van der Waals surface area (Å²) in [5.41, 5.74) is 4.31. The molecule has 5 aliphatic rings. The van der Waals surface area contributed by atoms with Crippen LogP contribution in [-0.2, 0) is 9.53 Å².